The van der Waals surface area contributed by atoms with Crippen LogP contribution in [0.15, 0.2) is 34.9 Å². The van der Waals surface area contributed by atoms with Gasteiger partial charge in [-0.25, -0.2) is 8.42 Å². The minimum atomic E-state index is -3.49. The van der Waals surface area contributed by atoms with Crippen LogP contribution < -0.4 is 10.5 Å². The number of benzene rings is 1. The van der Waals surface area contributed by atoms with Gasteiger partial charge in [0, 0.05) is 22.6 Å². The summed E-state index contributed by atoms with van der Waals surface area (Å²) in [5, 5.41) is 0.202. The van der Waals surface area contributed by atoms with Crippen LogP contribution in [0.4, 0.5) is 5.69 Å². The number of pyridine rings is 1. The zero-order valence-electron chi connectivity index (χ0n) is 10.3. The van der Waals surface area contributed by atoms with Crippen LogP contribution in [0, 0.1) is 0 Å². The molecule has 2 rings (SSSR count). The van der Waals surface area contributed by atoms with Gasteiger partial charge in [0.2, 0.25) is 10.0 Å². The van der Waals surface area contributed by atoms with E-state index in [4.69, 9.17) is 5.73 Å². The Morgan fingerprint density at radius 1 is 1.47 bits per heavy atom. The highest BCUT2D eigenvalue weighted by Gasteiger charge is 2.20. The molecular formula is C12H14BrN3O2S. The minimum Gasteiger partial charge on any atom is -0.329 e. The monoisotopic (exact) mass is 343 g/mol. The third kappa shape index (κ3) is 3.05. The topological polar surface area (TPSA) is 85.1 Å². The SMILES string of the molecule is CC(CN)S(=O)(=O)Nc1cccc2cc(Br)cnc12. The van der Waals surface area contributed by atoms with E-state index < -0.39 is 15.3 Å². The van der Waals surface area contributed by atoms with Crippen LogP contribution in [0.5, 0.6) is 0 Å². The number of aromatic nitrogens is 1. The van der Waals surface area contributed by atoms with Crippen LogP contribution in [0.3, 0.4) is 0 Å². The average Bonchev–Trinajstić information content (AvgIpc) is 2.37. The molecule has 0 fully saturated rings. The molecule has 1 unspecified atom stereocenters. The largest absolute Gasteiger partial charge is 0.329 e. The molecule has 0 bridgehead atoms. The number of nitrogens with two attached hydrogens (primary N) is 1. The smallest absolute Gasteiger partial charge is 0.236 e. The predicted octanol–water partition coefficient (Wildman–Crippen LogP) is 2.09. The number of rotatable bonds is 4. The second-order valence-electron chi connectivity index (χ2n) is 4.22. The molecule has 0 saturated carbocycles. The molecule has 0 aliphatic carbocycles. The Hall–Kier alpha value is -1.18. The number of anilines is 1. The summed E-state index contributed by atoms with van der Waals surface area (Å²) in [6.07, 6.45) is 1.63. The van der Waals surface area contributed by atoms with E-state index in [2.05, 4.69) is 25.6 Å². The van der Waals surface area contributed by atoms with E-state index in [0.29, 0.717) is 11.2 Å². The second-order valence-corrected chi connectivity index (χ2v) is 7.24. The quantitative estimate of drug-likeness (QED) is 0.889. The first-order valence-corrected chi connectivity index (χ1v) is 8.04. The van der Waals surface area contributed by atoms with Crippen LogP contribution in [0.1, 0.15) is 6.92 Å². The maximum atomic E-state index is 12.0. The summed E-state index contributed by atoms with van der Waals surface area (Å²) in [5.41, 5.74) is 6.48. The summed E-state index contributed by atoms with van der Waals surface area (Å²) in [4.78, 5) is 4.24. The van der Waals surface area contributed by atoms with Crippen molar-refractivity contribution < 1.29 is 8.42 Å². The highest BCUT2D eigenvalue weighted by Crippen LogP contribution is 2.25. The van der Waals surface area contributed by atoms with Crippen LogP contribution in [0.25, 0.3) is 10.9 Å². The predicted molar refractivity (Wildman–Crippen MR) is 80.5 cm³/mol. The molecule has 0 amide bonds. The number of sulfonamides is 1. The van der Waals surface area contributed by atoms with Gasteiger partial charge in [0.1, 0.15) is 0 Å². The molecule has 0 aliphatic heterocycles. The molecule has 2 aromatic rings. The van der Waals surface area contributed by atoms with Crippen LogP contribution in [-0.4, -0.2) is 25.2 Å². The normalized spacial score (nSPS) is 13.4. The third-order valence-electron chi connectivity index (χ3n) is 2.79. The van der Waals surface area contributed by atoms with E-state index >= 15 is 0 Å². The maximum absolute atomic E-state index is 12.0. The molecule has 0 spiro atoms. The van der Waals surface area contributed by atoms with Crippen molar-refractivity contribution in [2.75, 3.05) is 11.3 Å². The molecule has 1 atom stereocenters. The number of hydrogen-bond donors (Lipinski definition) is 2. The lowest BCUT2D eigenvalue weighted by atomic mass is 10.2. The first kappa shape index (κ1) is 14.2. The summed E-state index contributed by atoms with van der Waals surface area (Å²) < 4.78 is 27.4. The molecule has 0 radical (unpaired) electrons. The maximum Gasteiger partial charge on any atom is 0.236 e. The molecular weight excluding hydrogens is 330 g/mol. The average molecular weight is 344 g/mol. The van der Waals surface area contributed by atoms with Crippen LogP contribution >= 0.6 is 15.9 Å². The number of para-hydroxylation sites is 1. The summed E-state index contributed by atoms with van der Waals surface area (Å²) in [7, 11) is -3.49. The van der Waals surface area contributed by atoms with Crippen molar-refractivity contribution in [2.24, 2.45) is 5.73 Å². The van der Waals surface area contributed by atoms with Gasteiger partial charge in [0.05, 0.1) is 16.5 Å². The van der Waals surface area contributed by atoms with Crippen LogP contribution in [0.2, 0.25) is 0 Å². The van der Waals surface area contributed by atoms with E-state index in [1.54, 1.807) is 25.3 Å². The number of halogens is 1. The van der Waals surface area contributed by atoms with Crippen molar-refractivity contribution in [1.82, 2.24) is 4.98 Å². The van der Waals surface area contributed by atoms with Crippen molar-refractivity contribution >= 4 is 42.5 Å². The Kier molecular flexibility index (Phi) is 4.07. The summed E-state index contributed by atoms with van der Waals surface area (Å²) in [6.45, 7) is 1.64. The third-order valence-corrected chi connectivity index (χ3v) is 4.98. The molecule has 19 heavy (non-hydrogen) atoms. The van der Waals surface area contributed by atoms with Crippen molar-refractivity contribution in [3.63, 3.8) is 0 Å². The van der Waals surface area contributed by atoms with E-state index in [9.17, 15) is 8.42 Å². The Labute approximate surface area is 120 Å². The molecule has 5 nitrogen and oxygen atoms in total. The fourth-order valence-corrected chi connectivity index (χ4v) is 2.87. The molecule has 0 saturated heterocycles. The Bertz CT molecular complexity index is 703. The van der Waals surface area contributed by atoms with Crippen molar-refractivity contribution in [3.05, 3.63) is 34.9 Å². The van der Waals surface area contributed by atoms with E-state index in [-0.39, 0.29) is 6.54 Å². The molecule has 1 heterocycles. The molecule has 1 aromatic heterocycles. The van der Waals surface area contributed by atoms with Crippen molar-refractivity contribution in [2.45, 2.75) is 12.2 Å². The number of nitrogens with one attached hydrogen (secondary N) is 1. The Balaban J connectivity index is 2.47. The summed E-state index contributed by atoms with van der Waals surface area (Å²) in [6, 6.07) is 7.22. The Morgan fingerprint density at radius 3 is 2.89 bits per heavy atom. The summed E-state index contributed by atoms with van der Waals surface area (Å²) in [5.74, 6) is 0. The number of nitrogens with zero attached hydrogens (tertiary/aromatic N) is 1. The zero-order valence-corrected chi connectivity index (χ0v) is 12.7. The van der Waals surface area contributed by atoms with Crippen molar-refractivity contribution in [3.8, 4) is 0 Å². The van der Waals surface area contributed by atoms with Gasteiger partial charge in [-0.05, 0) is 35.0 Å². The molecule has 102 valence electrons. The van der Waals surface area contributed by atoms with E-state index in [1.165, 1.54) is 0 Å². The van der Waals surface area contributed by atoms with Crippen molar-refractivity contribution in [1.29, 1.82) is 0 Å². The van der Waals surface area contributed by atoms with Gasteiger partial charge >= 0.3 is 0 Å². The minimum absolute atomic E-state index is 0.0685. The molecule has 0 aliphatic rings. The zero-order chi connectivity index (χ0) is 14.0. The first-order valence-electron chi connectivity index (χ1n) is 5.70. The first-order chi connectivity index (χ1) is 8.94. The van der Waals surface area contributed by atoms with Gasteiger partial charge < -0.3 is 5.73 Å². The highest BCUT2D eigenvalue weighted by atomic mass is 79.9. The van der Waals surface area contributed by atoms with E-state index in [0.717, 1.165) is 9.86 Å². The van der Waals surface area contributed by atoms with Gasteiger partial charge in [-0.3, -0.25) is 9.71 Å². The molecule has 3 N–H and O–H groups in total. The standard InChI is InChI=1S/C12H14BrN3O2S/c1-8(6-14)19(17,18)16-11-4-2-3-9-5-10(13)7-15-12(9)11/h2-5,7-8,16H,6,14H2,1H3. The van der Waals surface area contributed by atoms with Gasteiger partial charge in [-0.1, -0.05) is 12.1 Å². The second kappa shape index (κ2) is 5.44. The van der Waals surface area contributed by atoms with Gasteiger partial charge in [0.15, 0.2) is 0 Å². The lowest BCUT2D eigenvalue weighted by Gasteiger charge is -2.14. The Morgan fingerprint density at radius 2 is 2.21 bits per heavy atom. The fourth-order valence-electron chi connectivity index (χ4n) is 1.60. The van der Waals surface area contributed by atoms with Crippen LogP contribution in [-0.2, 0) is 10.0 Å². The molecule has 1 aromatic carbocycles. The van der Waals surface area contributed by atoms with Gasteiger partial charge in [0.25, 0.3) is 0 Å². The highest BCUT2D eigenvalue weighted by molar-refractivity contribution is 9.10. The van der Waals surface area contributed by atoms with Gasteiger partial charge in [-0.2, -0.15) is 0 Å². The van der Waals surface area contributed by atoms with Gasteiger partial charge in [-0.15, -0.1) is 0 Å². The summed E-state index contributed by atoms with van der Waals surface area (Å²) >= 11 is 3.34. The number of fused-ring (bicyclic) bond motifs is 1. The number of hydrogen-bond acceptors (Lipinski definition) is 4. The van der Waals surface area contributed by atoms with E-state index in [1.807, 2.05) is 12.1 Å². The lowest BCUT2D eigenvalue weighted by Crippen LogP contribution is -2.31. The molecule has 7 heteroatoms. The fraction of sp³-hybridized carbons (Fsp3) is 0.250. The lowest BCUT2D eigenvalue weighted by molar-refractivity contribution is 0.589.